The van der Waals surface area contributed by atoms with Gasteiger partial charge in [-0.15, -0.1) is 0 Å². The highest BCUT2D eigenvalue weighted by molar-refractivity contribution is 5.66. The monoisotopic (exact) mass is 212 g/mol. The van der Waals surface area contributed by atoms with Gasteiger partial charge in [0.15, 0.2) is 0 Å². The Labute approximate surface area is 91.2 Å². The Morgan fingerprint density at radius 3 is 3.13 bits per heavy atom. The van der Waals surface area contributed by atoms with E-state index in [1.165, 1.54) is 6.21 Å². The van der Waals surface area contributed by atoms with Gasteiger partial charge in [-0.2, -0.15) is 5.10 Å². The standard InChI is InChI=1S/C11H20N2O2/c1-9(2)11(14)7-12-13-6-4-5-10(13)8-15-3/h7,10-11,14H,1,4-6,8H2,2-3H3/t10-,11?/m0/s1. The van der Waals surface area contributed by atoms with Crippen LogP contribution in [0.1, 0.15) is 19.8 Å². The summed E-state index contributed by atoms with van der Waals surface area (Å²) in [4.78, 5) is 0. The molecule has 1 heterocycles. The average Bonchev–Trinajstić information content (AvgIpc) is 2.62. The van der Waals surface area contributed by atoms with Crippen LogP contribution in [0.3, 0.4) is 0 Å². The van der Waals surface area contributed by atoms with E-state index in [0.29, 0.717) is 18.2 Å². The first-order chi connectivity index (χ1) is 7.15. The van der Waals surface area contributed by atoms with Crippen molar-refractivity contribution in [1.82, 2.24) is 5.01 Å². The quantitative estimate of drug-likeness (QED) is 0.546. The van der Waals surface area contributed by atoms with Crippen molar-refractivity contribution in [1.29, 1.82) is 0 Å². The van der Waals surface area contributed by atoms with Crippen LogP contribution < -0.4 is 0 Å². The zero-order valence-corrected chi connectivity index (χ0v) is 9.52. The van der Waals surface area contributed by atoms with Crippen LogP contribution in [0.4, 0.5) is 0 Å². The molecule has 0 amide bonds. The van der Waals surface area contributed by atoms with E-state index in [1.807, 2.05) is 5.01 Å². The first-order valence-corrected chi connectivity index (χ1v) is 5.28. The van der Waals surface area contributed by atoms with Crippen molar-refractivity contribution >= 4 is 6.21 Å². The summed E-state index contributed by atoms with van der Waals surface area (Å²) in [6, 6.07) is 0.351. The summed E-state index contributed by atoms with van der Waals surface area (Å²) < 4.78 is 5.11. The molecule has 0 aromatic heterocycles. The van der Waals surface area contributed by atoms with Crippen LogP contribution in [0.2, 0.25) is 0 Å². The number of hydrazone groups is 1. The second-order valence-electron chi connectivity index (χ2n) is 3.97. The van der Waals surface area contributed by atoms with Gasteiger partial charge in [-0.3, -0.25) is 5.01 Å². The highest BCUT2D eigenvalue weighted by Gasteiger charge is 2.22. The van der Waals surface area contributed by atoms with Gasteiger partial charge in [0.25, 0.3) is 0 Å². The summed E-state index contributed by atoms with van der Waals surface area (Å²) in [6.45, 7) is 7.09. The Morgan fingerprint density at radius 1 is 1.80 bits per heavy atom. The second-order valence-corrected chi connectivity index (χ2v) is 3.97. The summed E-state index contributed by atoms with van der Waals surface area (Å²) in [7, 11) is 1.70. The Morgan fingerprint density at radius 2 is 2.53 bits per heavy atom. The van der Waals surface area contributed by atoms with Crippen molar-refractivity contribution in [3.63, 3.8) is 0 Å². The molecule has 15 heavy (non-hydrogen) atoms. The third kappa shape index (κ3) is 3.64. The molecule has 0 saturated carbocycles. The van der Waals surface area contributed by atoms with E-state index >= 15 is 0 Å². The Balaban J connectivity index is 2.45. The van der Waals surface area contributed by atoms with Crippen molar-refractivity contribution in [2.75, 3.05) is 20.3 Å². The van der Waals surface area contributed by atoms with Gasteiger partial charge in [0.1, 0.15) is 6.10 Å². The van der Waals surface area contributed by atoms with Crippen LogP contribution in [0.5, 0.6) is 0 Å². The predicted molar refractivity (Wildman–Crippen MR) is 60.9 cm³/mol. The molecule has 1 rings (SSSR count). The molecule has 0 radical (unpaired) electrons. The SMILES string of the molecule is C=C(C)C(O)C=NN1CCC[C@H]1COC. The molecular weight excluding hydrogens is 192 g/mol. The van der Waals surface area contributed by atoms with Crippen LogP contribution in [0.15, 0.2) is 17.3 Å². The molecule has 0 aliphatic carbocycles. The van der Waals surface area contributed by atoms with E-state index in [0.717, 1.165) is 19.4 Å². The van der Waals surface area contributed by atoms with E-state index in [2.05, 4.69) is 11.7 Å². The lowest BCUT2D eigenvalue weighted by Crippen LogP contribution is -2.29. The highest BCUT2D eigenvalue weighted by Crippen LogP contribution is 2.17. The van der Waals surface area contributed by atoms with Crippen molar-refractivity contribution in [3.8, 4) is 0 Å². The Kier molecular flexibility index (Phi) is 4.78. The number of hydrogen-bond acceptors (Lipinski definition) is 4. The number of methoxy groups -OCH3 is 1. The Bertz CT molecular complexity index is 241. The van der Waals surface area contributed by atoms with Gasteiger partial charge < -0.3 is 9.84 Å². The summed E-state index contributed by atoms with van der Waals surface area (Å²) in [5.41, 5.74) is 0.709. The lowest BCUT2D eigenvalue weighted by atomic mass is 10.2. The smallest absolute Gasteiger partial charge is 0.111 e. The number of aliphatic hydroxyl groups is 1. The lowest BCUT2D eigenvalue weighted by molar-refractivity contribution is 0.117. The predicted octanol–water partition coefficient (Wildman–Crippen LogP) is 1.02. The molecule has 4 heteroatoms. The van der Waals surface area contributed by atoms with E-state index in [9.17, 15) is 5.11 Å². The summed E-state index contributed by atoms with van der Waals surface area (Å²) >= 11 is 0. The maximum Gasteiger partial charge on any atom is 0.111 e. The first-order valence-electron chi connectivity index (χ1n) is 5.28. The van der Waals surface area contributed by atoms with Crippen LogP contribution in [-0.4, -0.2) is 48.7 Å². The fourth-order valence-corrected chi connectivity index (χ4v) is 1.61. The molecule has 0 bridgehead atoms. The fourth-order valence-electron chi connectivity index (χ4n) is 1.61. The highest BCUT2D eigenvalue weighted by atomic mass is 16.5. The largest absolute Gasteiger partial charge is 0.383 e. The third-order valence-electron chi connectivity index (χ3n) is 2.57. The number of ether oxygens (including phenoxy) is 1. The zero-order chi connectivity index (χ0) is 11.3. The molecule has 1 unspecified atom stereocenters. The van der Waals surface area contributed by atoms with Crippen molar-refractivity contribution < 1.29 is 9.84 Å². The number of nitrogens with zero attached hydrogens (tertiary/aromatic N) is 2. The molecule has 0 spiro atoms. The number of hydrogen-bond donors (Lipinski definition) is 1. The molecule has 4 nitrogen and oxygen atoms in total. The van der Waals surface area contributed by atoms with Gasteiger partial charge in [-0.25, -0.2) is 0 Å². The summed E-state index contributed by atoms with van der Waals surface area (Å²) in [5.74, 6) is 0. The molecule has 86 valence electrons. The van der Waals surface area contributed by atoms with Gasteiger partial charge in [0.05, 0.1) is 18.9 Å². The fraction of sp³-hybridized carbons (Fsp3) is 0.727. The van der Waals surface area contributed by atoms with Gasteiger partial charge in [-0.05, 0) is 25.3 Å². The minimum atomic E-state index is -0.645. The van der Waals surface area contributed by atoms with Crippen LogP contribution in [0.25, 0.3) is 0 Å². The third-order valence-corrected chi connectivity index (χ3v) is 2.57. The van der Waals surface area contributed by atoms with Gasteiger partial charge in [-0.1, -0.05) is 6.58 Å². The topological polar surface area (TPSA) is 45.1 Å². The van der Waals surface area contributed by atoms with Crippen molar-refractivity contribution in [3.05, 3.63) is 12.2 Å². The minimum Gasteiger partial charge on any atom is -0.383 e. The normalized spacial score (nSPS) is 23.7. The molecule has 1 N–H and O–H groups in total. The molecule has 1 fully saturated rings. The maximum atomic E-state index is 9.50. The molecule has 1 aliphatic rings. The van der Waals surface area contributed by atoms with Gasteiger partial charge in [0, 0.05) is 13.7 Å². The van der Waals surface area contributed by atoms with E-state index in [-0.39, 0.29) is 0 Å². The molecular formula is C11H20N2O2. The summed E-state index contributed by atoms with van der Waals surface area (Å²) in [5, 5.41) is 15.7. The average molecular weight is 212 g/mol. The first kappa shape index (κ1) is 12.2. The van der Waals surface area contributed by atoms with E-state index < -0.39 is 6.10 Å². The molecule has 2 atom stereocenters. The van der Waals surface area contributed by atoms with Gasteiger partial charge >= 0.3 is 0 Å². The lowest BCUT2D eigenvalue weighted by Gasteiger charge is -2.20. The van der Waals surface area contributed by atoms with E-state index in [1.54, 1.807) is 14.0 Å². The number of rotatable bonds is 5. The van der Waals surface area contributed by atoms with Gasteiger partial charge in [0.2, 0.25) is 0 Å². The molecule has 0 aromatic rings. The van der Waals surface area contributed by atoms with Crippen LogP contribution in [-0.2, 0) is 4.74 Å². The van der Waals surface area contributed by atoms with Crippen molar-refractivity contribution in [2.45, 2.75) is 31.9 Å². The van der Waals surface area contributed by atoms with Crippen LogP contribution in [0, 0.1) is 0 Å². The molecule has 1 aliphatic heterocycles. The number of aliphatic hydroxyl groups excluding tert-OH is 1. The van der Waals surface area contributed by atoms with Crippen molar-refractivity contribution in [2.24, 2.45) is 5.10 Å². The summed E-state index contributed by atoms with van der Waals surface area (Å²) in [6.07, 6.45) is 3.13. The maximum absolute atomic E-state index is 9.50. The second kappa shape index (κ2) is 5.88. The zero-order valence-electron chi connectivity index (χ0n) is 9.52. The molecule has 1 saturated heterocycles. The van der Waals surface area contributed by atoms with Crippen LogP contribution >= 0.6 is 0 Å². The minimum absolute atomic E-state index is 0.351. The Hall–Kier alpha value is -0.870. The molecule has 0 aromatic carbocycles. The van der Waals surface area contributed by atoms with E-state index in [4.69, 9.17) is 4.74 Å².